The van der Waals surface area contributed by atoms with Gasteiger partial charge in [-0.3, -0.25) is 4.90 Å². The van der Waals surface area contributed by atoms with Crippen molar-refractivity contribution >= 4 is 16.2 Å². The molecule has 1 amide bonds. The van der Waals surface area contributed by atoms with Crippen LogP contribution in [0.5, 0.6) is 0 Å². The van der Waals surface area contributed by atoms with Crippen molar-refractivity contribution in [2.24, 2.45) is 0 Å². The summed E-state index contributed by atoms with van der Waals surface area (Å²) in [5.74, 6) is 0. The van der Waals surface area contributed by atoms with Crippen LogP contribution in [0.25, 0.3) is 0 Å². The molecule has 0 radical (unpaired) electrons. The Morgan fingerprint density at radius 1 is 1.48 bits per heavy atom. The molecule has 7 nitrogen and oxygen atoms in total. The number of carbonyl (C=O) groups is 1. The number of nitrogens with zero attached hydrogens (tertiary/aromatic N) is 1. The first-order valence-electron chi connectivity index (χ1n) is 7.22. The third kappa shape index (κ3) is 4.78. The Balaban J connectivity index is 1.93. The molecule has 1 aromatic carbocycles. The lowest BCUT2D eigenvalue weighted by molar-refractivity contribution is 0.173. The summed E-state index contributed by atoms with van der Waals surface area (Å²) in [7, 11) is -4.20. The minimum Gasteiger partial charge on any atom is -0.392 e. The van der Waals surface area contributed by atoms with Crippen molar-refractivity contribution in [1.29, 1.82) is 0 Å². The lowest BCUT2D eigenvalue weighted by Crippen LogP contribution is -2.41. The summed E-state index contributed by atoms with van der Waals surface area (Å²) < 4.78 is 29.0. The van der Waals surface area contributed by atoms with E-state index in [0.717, 1.165) is 5.56 Å². The predicted molar refractivity (Wildman–Crippen MR) is 84.9 cm³/mol. The van der Waals surface area contributed by atoms with E-state index in [2.05, 4.69) is 16.1 Å². The van der Waals surface area contributed by atoms with Crippen molar-refractivity contribution < 1.29 is 22.5 Å². The molecule has 8 heteroatoms. The van der Waals surface area contributed by atoms with Gasteiger partial charge in [-0.15, -0.1) is 6.58 Å². The SMILES string of the molecule is C=CC(N1CCC(O)C1)S(=O)(=O)OC(=O)NCc1ccccc1. The number of benzene rings is 1. The van der Waals surface area contributed by atoms with E-state index in [0.29, 0.717) is 13.0 Å². The smallest absolute Gasteiger partial charge is 0.392 e. The van der Waals surface area contributed by atoms with E-state index in [-0.39, 0.29) is 13.1 Å². The van der Waals surface area contributed by atoms with E-state index >= 15 is 0 Å². The Morgan fingerprint density at radius 2 is 2.17 bits per heavy atom. The highest BCUT2D eigenvalue weighted by Crippen LogP contribution is 2.18. The molecular weight excluding hydrogens is 320 g/mol. The Morgan fingerprint density at radius 3 is 2.74 bits per heavy atom. The summed E-state index contributed by atoms with van der Waals surface area (Å²) in [6.07, 6.45) is 0.0396. The van der Waals surface area contributed by atoms with Crippen LogP contribution < -0.4 is 5.32 Å². The maximum atomic E-state index is 12.2. The van der Waals surface area contributed by atoms with Gasteiger partial charge in [0, 0.05) is 19.6 Å². The molecule has 1 aromatic rings. The highest BCUT2D eigenvalue weighted by atomic mass is 32.2. The summed E-state index contributed by atoms with van der Waals surface area (Å²) in [5, 5.41) is 10.7. The highest BCUT2D eigenvalue weighted by Gasteiger charge is 2.36. The van der Waals surface area contributed by atoms with E-state index in [1.165, 1.54) is 11.0 Å². The largest absolute Gasteiger partial charge is 0.423 e. The van der Waals surface area contributed by atoms with E-state index in [4.69, 9.17) is 0 Å². The predicted octanol–water partition coefficient (Wildman–Crippen LogP) is 0.821. The van der Waals surface area contributed by atoms with Gasteiger partial charge in [0.1, 0.15) is 0 Å². The molecule has 0 bridgehead atoms. The lowest BCUT2D eigenvalue weighted by Gasteiger charge is -2.23. The lowest BCUT2D eigenvalue weighted by atomic mass is 10.2. The van der Waals surface area contributed by atoms with Gasteiger partial charge in [0.05, 0.1) is 6.10 Å². The van der Waals surface area contributed by atoms with Crippen LogP contribution in [0.4, 0.5) is 4.79 Å². The van der Waals surface area contributed by atoms with Crippen molar-refractivity contribution in [1.82, 2.24) is 10.2 Å². The molecule has 2 atom stereocenters. The third-order valence-electron chi connectivity index (χ3n) is 3.52. The molecular formula is C15H20N2O5S. The number of β-amino-alcohol motifs (C(OH)–C–C–N with tert-alkyl or cyclic N) is 1. The fourth-order valence-corrected chi connectivity index (χ4v) is 3.56. The van der Waals surface area contributed by atoms with Crippen LogP contribution in [0.2, 0.25) is 0 Å². The number of aliphatic hydroxyl groups is 1. The number of hydrogen-bond donors (Lipinski definition) is 2. The number of nitrogens with one attached hydrogen (secondary N) is 1. The summed E-state index contributed by atoms with van der Waals surface area (Å²) >= 11 is 0. The van der Waals surface area contributed by atoms with Crippen LogP contribution in [0, 0.1) is 0 Å². The Kier molecular flexibility index (Phi) is 5.75. The van der Waals surface area contributed by atoms with Gasteiger partial charge in [0.2, 0.25) is 0 Å². The normalized spacial score (nSPS) is 20.0. The zero-order chi connectivity index (χ0) is 16.9. The molecule has 1 aliphatic rings. The first-order chi connectivity index (χ1) is 10.9. The van der Waals surface area contributed by atoms with Crippen molar-refractivity contribution in [3.8, 4) is 0 Å². The van der Waals surface area contributed by atoms with Crippen LogP contribution >= 0.6 is 0 Å². The molecule has 0 aliphatic carbocycles. The maximum Gasteiger partial charge on any atom is 0.423 e. The second-order valence-electron chi connectivity index (χ2n) is 5.27. The summed E-state index contributed by atoms with van der Waals surface area (Å²) in [6, 6.07) is 9.06. The van der Waals surface area contributed by atoms with Crippen molar-refractivity contribution in [2.75, 3.05) is 13.1 Å². The minimum atomic E-state index is -4.20. The van der Waals surface area contributed by atoms with Crippen LogP contribution in [0.3, 0.4) is 0 Å². The third-order valence-corrected chi connectivity index (χ3v) is 4.99. The van der Waals surface area contributed by atoms with Gasteiger partial charge < -0.3 is 14.6 Å². The zero-order valence-electron chi connectivity index (χ0n) is 12.6. The molecule has 2 N–H and O–H groups in total. The number of aliphatic hydroxyl groups excluding tert-OH is 1. The molecule has 1 aliphatic heterocycles. The number of amides is 1. The molecule has 1 saturated heterocycles. The van der Waals surface area contributed by atoms with Gasteiger partial charge in [-0.1, -0.05) is 36.4 Å². The fourth-order valence-electron chi connectivity index (χ4n) is 2.40. The van der Waals surface area contributed by atoms with Crippen LogP contribution in [0.1, 0.15) is 12.0 Å². The molecule has 0 aromatic heterocycles. The Labute approximate surface area is 135 Å². The van der Waals surface area contributed by atoms with Crippen LogP contribution in [0.15, 0.2) is 43.0 Å². The van der Waals surface area contributed by atoms with Gasteiger partial charge in [-0.05, 0) is 12.0 Å². The minimum absolute atomic E-state index is 0.163. The number of likely N-dealkylation sites (tertiary alicyclic amines) is 1. The van der Waals surface area contributed by atoms with Crippen molar-refractivity contribution in [3.63, 3.8) is 0 Å². The summed E-state index contributed by atoms with van der Waals surface area (Å²) in [4.78, 5) is 13.2. The zero-order valence-corrected chi connectivity index (χ0v) is 13.4. The molecule has 0 saturated carbocycles. The van der Waals surface area contributed by atoms with Gasteiger partial charge in [-0.2, -0.15) is 8.42 Å². The second kappa shape index (κ2) is 7.58. The molecule has 2 unspecified atom stereocenters. The van der Waals surface area contributed by atoms with E-state index in [1.54, 1.807) is 12.1 Å². The van der Waals surface area contributed by atoms with E-state index in [9.17, 15) is 18.3 Å². The van der Waals surface area contributed by atoms with E-state index < -0.39 is 27.7 Å². The molecule has 1 heterocycles. The average molecular weight is 340 g/mol. The Hall–Kier alpha value is -1.90. The molecule has 0 spiro atoms. The van der Waals surface area contributed by atoms with Gasteiger partial charge in [0.15, 0.2) is 5.37 Å². The number of rotatable bonds is 6. The summed E-state index contributed by atoms with van der Waals surface area (Å²) in [6.45, 7) is 4.24. The number of carbonyl (C=O) groups excluding carboxylic acids is 1. The van der Waals surface area contributed by atoms with Crippen LogP contribution in [-0.2, 0) is 20.8 Å². The second-order valence-corrected chi connectivity index (χ2v) is 6.90. The monoisotopic (exact) mass is 340 g/mol. The average Bonchev–Trinajstić information content (AvgIpc) is 2.92. The standard InChI is InChI=1S/C15H20N2O5S/c1-2-14(17-9-8-13(18)11-17)23(20,21)22-15(19)16-10-12-6-4-3-5-7-12/h2-7,13-14,18H,1,8-11H2,(H,16,19). The molecule has 1 fully saturated rings. The van der Waals surface area contributed by atoms with E-state index in [1.807, 2.05) is 18.2 Å². The topological polar surface area (TPSA) is 95.9 Å². The summed E-state index contributed by atoms with van der Waals surface area (Å²) in [5.41, 5.74) is 0.824. The van der Waals surface area contributed by atoms with Crippen LogP contribution in [-0.4, -0.2) is 49.1 Å². The van der Waals surface area contributed by atoms with Gasteiger partial charge >= 0.3 is 16.2 Å². The fraction of sp³-hybridized carbons (Fsp3) is 0.400. The molecule has 126 valence electrons. The first kappa shape index (κ1) is 17.5. The van der Waals surface area contributed by atoms with Gasteiger partial charge in [-0.25, -0.2) is 4.79 Å². The molecule has 23 heavy (non-hydrogen) atoms. The quantitative estimate of drug-likeness (QED) is 0.588. The highest BCUT2D eigenvalue weighted by molar-refractivity contribution is 7.87. The number of hydrogen-bond acceptors (Lipinski definition) is 6. The van der Waals surface area contributed by atoms with Crippen molar-refractivity contribution in [3.05, 3.63) is 48.6 Å². The van der Waals surface area contributed by atoms with Gasteiger partial charge in [0.25, 0.3) is 0 Å². The first-order valence-corrected chi connectivity index (χ1v) is 8.69. The Bertz CT molecular complexity index is 647. The van der Waals surface area contributed by atoms with Crippen molar-refractivity contribution in [2.45, 2.75) is 24.4 Å². The molecule has 2 rings (SSSR count). The maximum absolute atomic E-state index is 12.2.